The lowest BCUT2D eigenvalue weighted by Gasteiger charge is -2.47. The first kappa shape index (κ1) is 10.3. The summed E-state index contributed by atoms with van der Waals surface area (Å²) in [5, 5.41) is 3.38. The van der Waals surface area contributed by atoms with Gasteiger partial charge in [0.1, 0.15) is 5.82 Å². The van der Waals surface area contributed by atoms with Crippen LogP contribution in [0.25, 0.3) is 0 Å². The number of nitrogens with one attached hydrogen (secondary N) is 1. The normalized spacial score (nSPS) is 24.3. The Balaban J connectivity index is 1.67. The highest BCUT2D eigenvalue weighted by atomic mass is 19.1. The van der Waals surface area contributed by atoms with E-state index in [-0.39, 0.29) is 5.82 Å². The van der Waals surface area contributed by atoms with Crippen molar-refractivity contribution in [3.63, 3.8) is 0 Å². The quantitative estimate of drug-likeness (QED) is 0.765. The molecular formula is C14H18FN. The van der Waals surface area contributed by atoms with Crippen molar-refractivity contribution in [2.45, 2.75) is 31.6 Å². The second-order valence-corrected chi connectivity index (χ2v) is 5.43. The Morgan fingerprint density at radius 3 is 2.19 bits per heavy atom. The highest BCUT2D eigenvalue weighted by Crippen LogP contribution is 2.44. The van der Waals surface area contributed by atoms with Crippen LogP contribution in [0.2, 0.25) is 0 Å². The average molecular weight is 219 g/mol. The molecule has 0 aromatic heterocycles. The molecule has 2 aliphatic rings. The van der Waals surface area contributed by atoms with Crippen LogP contribution in [-0.4, -0.2) is 13.1 Å². The van der Waals surface area contributed by atoms with Gasteiger partial charge >= 0.3 is 0 Å². The smallest absolute Gasteiger partial charge is 0.123 e. The van der Waals surface area contributed by atoms with Crippen molar-refractivity contribution in [2.75, 3.05) is 13.1 Å². The lowest BCUT2D eigenvalue weighted by molar-refractivity contribution is 0.0975. The fourth-order valence-corrected chi connectivity index (χ4v) is 3.13. The van der Waals surface area contributed by atoms with Gasteiger partial charge in [-0.05, 0) is 54.7 Å². The van der Waals surface area contributed by atoms with Gasteiger partial charge in [0.15, 0.2) is 0 Å². The minimum Gasteiger partial charge on any atom is -0.316 e. The third-order valence-electron chi connectivity index (χ3n) is 4.39. The van der Waals surface area contributed by atoms with Crippen LogP contribution in [0.3, 0.4) is 0 Å². The van der Waals surface area contributed by atoms with Crippen LogP contribution in [0.15, 0.2) is 24.3 Å². The van der Waals surface area contributed by atoms with E-state index < -0.39 is 0 Å². The summed E-state index contributed by atoms with van der Waals surface area (Å²) >= 11 is 0. The van der Waals surface area contributed by atoms with Gasteiger partial charge < -0.3 is 5.32 Å². The van der Waals surface area contributed by atoms with E-state index in [9.17, 15) is 4.39 Å². The van der Waals surface area contributed by atoms with Crippen LogP contribution >= 0.6 is 0 Å². The maximum atomic E-state index is 12.8. The topological polar surface area (TPSA) is 12.0 Å². The Kier molecular flexibility index (Phi) is 2.47. The third kappa shape index (κ3) is 1.75. The number of rotatable bonds is 1. The molecule has 1 heterocycles. The van der Waals surface area contributed by atoms with Crippen molar-refractivity contribution in [1.29, 1.82) is 0 Å². The first-order valence-corrected chi connectivity index (χ1v) is 6.24. The van der Waals surface area contributed by atoms with Crippen molar-refractivity contribution in [3.8, 4) is 0 Å². The molecule has 2 fully saturated rings. The van der Waals surface area contributed by atoms with Gasteiger partial charge in [-0.1, -0.05) is 12.1 Å². The highest BCUT2D eigenvalue weighted by Gasteiger charge is 2.40. The Hall–Kier alpha value is -0.890. The molecule has 0 unspecified atom stereocenters. The Bertz CT molecular complexity index is 357. The molecule has 0 amide bonds. The van der Waals surface area contributed by atoms with Gasteiger partial charge in [-0.15, -0.1) is 0 Å². The summed E-state index contributed by atoms with van der Waals surface area (Å²) in [5.41, 5.74) is 1.94. The monoisotopic (exact) mass is 219 g/mol. The van der Waals surface area contributed by atoms with Crippen molar-refractivity contribution < 1.29 is 4.39 Å². The lowest BCUT2D eigenvalue weighted by Crippen LogP contribution is -2.54. The molecule has 0 radical (unpaired) electrons. The van der Waals surface area contributed by atoms with E-state index in [1.54, 1.807) is 12.1 Å². The molecule has 0 atom stereocenters. The molecule has 3 rings (SSSR count). The summed E-state index contributed by atoms with van der Waals surface area (Å²) < 4.78 is 12.8. The predicted molar refractivity (Wildman–Crippen MR) is 62.9 cm³/mol. The van der Waals surface area contributed by atoms with Gasteiger partial charge in [0.25, 0.3) is 0 Å². The number of hydrogen-bond acceptors (Lipinski definition) is 1. The molecular weight excluding hydrogens is 201 g/mol. The molecule has 1 saturated carbocycles. The zero-order valence-electron chi connectivity index (χ0n) is 9.51. The second-order valence-electron chi connectivity index (χ2n) is 5.43. The molecule has 0 bridgehead atoms. The van der Waals surface area contributed by atoms with E-state index in [0.717, 1.165) is 0 Å². The molecule has 16 heavy (non-hydrogen) atoms. The zero-order valence-corrected chi connectivity index (χ0v) is 9.51. The Labute approximate surface area is 96.1 Å². The van der Waals surface area contributed by atoms with Crippen LogP contribution < -0.4 is 5.32 Å². The lowest BCUT2D eigenvalue weighted by atomic mass is 9.66. The van der Waals surface area contributed by atoms with E-state index in [0.29, 0.717) is 11.3 Å². The molecule has 2 heteroatoms. The second kappa shape index (κ2) is 3.85. The van der Waals surface area contributed by atoms with E-state index in [2.05, 4.69) is 5.32 Å². The van der Waals surface area contributed by atoms with Crippen LogP contribution in [0, 0.1) is 11.2 Å². The molecule has 1 aromatic carbocycles. The van der Waals surface area contributed by atoms with Gasteiger partial charge in [0, 0.05) is 13.1 Å². The fraction of sp³-hybridized carbons (Fsp3) is 0.571. The summed E-state index contributed by atoms with van der Waals surface area (Å²) in [6.07, 6.45) is 5.21. The molecule has 1 aromatic rings. The summed E-state index contributed by atoms with van der Waals surface area (Å²) in [5.74, 6) is 0.533. The van der Waals surface area contributed by atoms with E-state index in [4.69, 9.17) is 0 Å². The molecule has 1 aliphatic heterocycles. The summed E-state index contributed by atoms with van der Waals surface area (Å²) in [4.78, 5) is 0. The molecule has 1 aliphatic carbocycles. The number of hydrogen-bond donors (Lipinski definition) is 1. The summed E-state index contributed by atoms with van der Waals surface area (Å²) in [7, 11) is 0. The average Bonchev–Trinajstić information content (AvgIpc) is 2.28. The predicted octanol–water partition coefficient (Wildman–Crippen LogP) is 3.07. The van der Waals surface area contributed by atoms with Crippen molar-refractivity contribution in [3.05, 3.63) is 35.6 Å². The standard InChI is InChI=1S/C14H18FN/c15-13-3-1-11(2-4-13)12-5-7-14(8-6-12)9-16-10-14/h1-4,12,16H,5-10H2. The largest absolute Gasteiger partial charge is 0.316 e. The van der Waals surface area contributed by atoms with Gasteiger partial charge in [-0.25, -0.2) is 4.39 Å². The van der Waals surface area contributed by atoms with Crippen LogP contribution in [-0.2, 0) is 0 Å². The Morgan fingerprint density at radius 1 is 1.06 bits per heavy atom. The first-order chi connectivity index (χ1) is 7.77. The number of benzene rings is 1. The minimum atomic E-state index is -0.126. The molecule has 1 nitrogen and oxygen atoms in total. The fourth-order valence-electron chi connectivity index (χ4n) is 3.13. The third-order valence-corrected chi connectivity index (χ3v) is 4.39. The van der Waals surface area contributed by atoms with Crippen LogP contribution in [0.1, 0.15) is 37.2 Å². The van der Waals surface area contributed by atoms with Crippen LogP contribution in [0.4, 0.5) is 4.39 Å². The molecule has 1 saturated heterocycles. The highest BCUT2D eigenvalue weighted by molar-refractivity contribution is 5.21. The van der Waals surface area contributed by atoms with Crippen molar-refractivity contribution >= 4 is 0 Å². The summed E-state index contributed by atoms with van der Waals surface area (Å²) in [6.45, 7) is 2.42. The van der Waals surface area contributed by atoms with E-state index in [1.165, 1.54) is 44.3 Å². The van der Waals surface area contributed by atoms with Gasteiger partial charge in [-0.3, -0.25) is 0 Å². The molecule has 1 N–H and O–H groups in total. The summed E-state index contributed by atoms with van der Waals surface area (Å²) in [6, 6.07) is 7.09. The number of halogens is 1. The minimum absolute atomic E-state index is 0.126. The van der Waals surface area contributed by atoms with E-state index >= 15 is 0 Å². The van der Waals surface area contributed by atoms with Gasteiger partial charge in [0.2, 0.25) is 0 Å². The van der Waals surface area contributed by atoms with Crippen molar-refractivity contribution in [1.82, 2.24) is 5.32 Å². The maximum absolute atomic E-state index is 12.8. The van der Waals surface area contributed by atoms with Crippen LogP contribution in [0.5, 0.6) is 0 Å². The zero-order chi connectivity index (χ0) is 11.0. The SMILES string of the molecule is Fc1ccc(C2CCC3(CC2)CNC3)cc1. The molecule has 86 valence electrons. The van der Waals surface area contributed by atoms with Crippen molar-refractivity contribution in [2.24, 2.45) is 5.41 Å². The Morgan fingerprint density at radius 2 is 1.69 bits per heavy atom. The molecule has 1 spiro atoms. The van der Waals surface area contributed by atoms with Gasteiger partial charge in [-0.2, -0.15) is 0 Å². The van der Waals surface area contributed by atoms with Gasteiger partial charge in [0.05, 0.1) is 0 Å². The first-order valence-electron chi connectivity index (χ1n) is 6.24. The van der Waals surface area contributed by atoms with E-state index in [1.807, 2.05) is 12.1 Å². The maximum Gasteiger partial charge on any atom is 0.123 e.